The summed E-state index contributed by atoms with van der Waals surface area (Å²) in [6, 6.07) is 8.44. The minimum Gasteiger partial charge on any atom is -0.363 e. The summed E-state index contributed by atoms with van der Waals surface area (Å²) in [5.41, 5.74) is 9.54. The third kappa shape index (κ3) is 2.84. The fraction of sp³-hybridized carbons (Fsp3) is 0.263. The number of H-pyrrole nitrogens is 1. The first-order valence-electron chi connectivity index (χ1n) is 9.02. The van der Waals surface area contributed by atoms with Crippen LogP contribution in [0, 0.1) is 0 Å². The molecule has 0 amide bonds. The topological polar surface area (TPSA) is 96.1 Å². The van der Waals surface area contributed by atoms with Gasteiger partial charge in [0.2, 0.25) is 0 Å². The summed E-state index contributed by atoms with van der Waals surface area (Å²) in [5, 5.41) is 8.48. The zero-order valence-corrected chi connectivity index (χ0v) is 15.4. The summed E-state index contributed by atoms with van der Waals surface area (Å²) >= 11 is 6.70. The number of hydrogen-bond acceptors (Lipinski definition) is 5. The van der Waals surface area contributed by atoms with Gasteiger partial charge in [-0.1, -0.05) is 29.8 Å². The Morgan fingerprint density at radius 1 is 1.26 bits per heavy atom. The van der Waals surface area contributed by atoms with Gasteiger partial charge in [0.15, 0.2) is 11.5 Å². The van der Waals surface area contributed by atoms with E-state index < -0.39 is 0 Å². The highest BCUT2D eigenvalue weighted by Crippen LogP contribution is 2.34. The molecule has 0 radical (unpaired) electrons. The molecule has 5 N–H and O–H groups in total. The van der Waals surface area contributed by atoms with Crippen LogP contribution in [0.3, 0.4) is 0 Å². The lowest BCUT2D eigenvalue weighted by atomic mass is 10.0. The quantitative estimate of drug-likeness (QED) is 0.437. The molecule has 3 aromatic heterocycles. The van der Waals surface area contributed by atoms with Gasteiger partial charge in [-0.3, -0.25) is 4.40 Å². The Balaban J connectivity index is 1.64. The lowest BCUT2D eigenvalue weighted by molar-refractivity contribution is 0.427. The second kappa shape index (κ2) is 6.53. The standard InChI is InChI=1S/C19H20ClN7/c20-17-16(14-10-24-15-4-2-1-3-13(14)15)26-18(19-23-5-6-27(17)19)25-12-7-11(21)8-22-9-12/h1-6,10-12,22,24H,7-9,21H2,(H,25,26)/t11-,12-/m0/s1. The van der Waals surface area contributed by atoms with Gasteiger partial charge in [-0.15, -0.1) is 0 Å². The number of aromatic nitrogens is 4. The average molecular weight is 382 g/mol. The number of nitrogens with two attached hydrogens (primary N) is 1. The molecule has 0 saturated carbocycles. The van der Waals surface area contributed by atoms with Crippen LogP contribution in [-0.4, -0.2) is 44.5 Å². The van der Waals surface area contributed by atoms with Crippen LogP contribution in [0.25, 0.3) is 27.8 Å². The van der Waals surface area contributed by atoms with Gasteiger partial charge >= 0.3 is 0 Å². The van der Waals surface area contributed by atoms with Crippen LogP contribution >= 0.6 is 11.6 Å². The van der Waals surface area contributed by atoms with Crippen LogP contribution in [0.2, 0.25) is 5.15 Å². The van der Waals surface area contributed by atoms with E-state index in [-0.39, 0.29) is 12.1 Å². The van der Waals surface area contributed by atoms with Crippen molar-refractivity contribution in [3.8, 4) is 11.3 Å². The Morgan fingerprint density at radius 2 is 2.15 bits per heavy atom. The lowest BCUT2D eigenvalue weighted by Crippen LogP contribution is -2.49. The number of benzene rings is 1. The first-order chi connectivity index (χ1) is 13.2. The molecule has 138 valence electrons. The highest BCUT2D eigenvalue weighted by Gasteiger charge is 2.22. The van der Waals surface area contributed by atoms with Crippen molar-refractivity contribution in [3.05, 3.63) is 48.0 Å². The zero-order valence-electron chi connectivity index (χ0n) is 14.6. The minimum atomic E-state index is 0.132. The predicted molar refractivity (Wildman–Crippen MR) is 108 cm³/mol. The van der Waals surface area contributed by atoms with Crippen LogP contribution in [0.1, 0.15) is 6.42 Å². The van der Waals surface area contributed by atoms with Crippen molar-refractivity contribution in [2.45, 2.75) is 18.5 Å². The largest absolute Gasteiger partial charge is 0.363 e. The molecule has 4 heterocycles. The summed E-state index contributed by atoms with van der Waals surface area (Å²) in [6.45, 7) is 1.68. The number of imidazole rings is 1. The molecule has 1 fully saturated rings. The highest BCUT2D eigenvalue weighted by molar-refractivity contribution is 6.32. The average Bonchev–Trinajstić information content (AvgIpc) is 3.32. The highest BCUT2D eigenvalue weighted by atomic mass is 35.5. The van der Waals surface area contributed by atoms with Gasteiger partial charge in [0.1, 0.15) is 10.8 Å². The molecule has 0 spiro atoms. The summed E-state index contributed by atoms with van der Waals surface area (Å²) < 4.78 is 1.87. The lowest BCUT2D eigenvalue weighted by Gasteiger charge is -2.29. The second-order valence-corrected chi connectivity index (χ2v) is 7.32. The summed E-state index contributed by atoms with van der Waals surface area (Å²) in [7, 11) is 0. The number of nitrogens with zero attached hydrogens (tertiary/aromatic N) is 3. The van der Waals surface area contributed by atoms with E-state index in [4.69, 9.17) is 22.3 Å². The van der Waals surface area contributed by atoms with E-state index in [0.29, 0.717) is 16.6 Å². The maximum Gasteiger partial charge on any atom is 0.181 e. The van der Waals surface area contributed by atoms with E-state index >= 15 is 0 Å². The van der Waals surface area contributed by atoms with E-state index in [0.717, 1.165) is 41.7 Å². The normalized spacial score (nSPS) is 20.4. The molecule has 1 aliphatic rings. The summed E-state index contributed by atoms with van der Waals surface area (Å²) in [6.07, 6.45) is 6.42. The number of rotatable bonds is 3. The van der Waals surface area contributed by atoms with Crippen molar-refractivity contribution in [2.75, 3.05) is 18.4 Å². The first-order valence-corrected chi connectivity index (χ1v) is 9.40. The molecule has 7 nitrogen and oxygen atoms in total. The SMILES string of the molecule is N[C@@H]1CNC[C@@H](Nc2nc(-c3c[nH]c4ccccc34)c(Cl)n3ccnc23)C1. The summed E-state index contributed by atoms with van der Waals surface area (Å²) in [5.74, 6) is 0.714. The van der Waals surface area contributed by atoms with Crippen molar-refractivity contribution >= 4 is 34.0 Å². The molecular formula is C19H20ClN7. The second-order valence-electron chi connectivity index (χ2n) is 6.96. The molecule has 1 saturated heterocycles. The van der Waals surface area contributed by atoms with Crippen molar-refractivity contribution in [1.29, 1.82) is 0 Å². The van der Waals surface area contributed by atoms with Crippen molar-refractivity contribution in [1.82, 2.24) is 24.7 Å². The predicted octanol–water partition coefficient (Wildman–Crippen LogP) is 2.63. The fourth-order valence-electron chi connectivity index (χ4n) is 3.77. The van der Waals surface area contributed by atoms with E-state index in [1.807, 2.05) is 35.0 Å². The van der Waals surface area contributed by atoms with Crippen molar-refractivity contribution < 1.29 is 0 Å². The molecule has 5 rings (SSSR count). The number of halogens is 1. The first kappa shape index (κ1) is 16.6. The number of hydrogen-bond donors (Lipinski definition) is 4. The number of aromatic amines is 1. The zero-order chi connectivity index (χ0) is 18.4. The molecule has 2 atom stereocenters. The van der Waals surface area contributed by atoms with Crippen LogP contribution in [0.5, 0.6) is 0 Å². The van der Waals surface area contributed by atoms with Gasteiger partial charge in [0.05, 0.1) is 0 Å². The number of anilines is 1. The maximum absolute atomic E-state index is 6.70. The van der Waals surface area contributed by atoms with Crippen molar-refractivity contribution in [2.24, 2.45) is 5.73 Å². The van der Waals surface area contributed by atoms with E-state index in [2.05, 4.69) is 26.7 Å². The van der Waals surface area contributed by atoms with Gasteiger partial charge in [-0.25, -0.2) is 9.97 Å². The molecular weight excluding hydrogens is 362 g/mol. The van der Waals surface area contributed by atoms with Crippen LogP contribution < -0.4 is 16.4 Å². The third-order valence-electron chi connectivity index (χ3n) is 5.05. The van der Waals surface area contributed by atoms with E-state index in [1.165, 1.54) is 0 Å². The van der Waals surface area contributed by atoms with Crippen LogP contribution in [-0.2, 0) is 0 Å². The van der Waals surface area contributed by atoms with Gasteiger partial charge in [0, 0.05) is 60.2 Å². The Morgan fingerprint density at radius 3 is 3.04 bits per heavy atom. The Bertz CT molecular complexity index is 1120. The smallest absolute Gasteiger partial charge is 0.181 e. The number of fused-ring (bicyclic) bond motifs is 2. The van der Waals surface area contributed by atoms with Crippen LogP contribution in [0.15, 0.2) is 42.9 Å². The van der Waals surface area contributed by atoms with Gasteiger partial charge < -0.3 is 21.4 Å². The Kier molecular flexibility index (Phi) is 4.00. The maximum atomic E-state index is 6.70. The number of para-hydroxylation sites is 1. The van der Waals surface area contributed by atoms with E-state index in [1.54, 1.807) is 6.20 Å². The van der Waals surface area contributed by atoms with E-state index in [9.17, 15) is 0 Å². The molecule has 1 aromatic carbocycles. The van der Waals surface area contributed by atoms with Gasteiger partial charge in [-0.05, 0) is 12.5 Å². The number of nitrogens with one attached hydrogen (secondary N) is 3. The molecule has 0 aliphatic carbocycles. The summed E-state index contributed by atoms with van der Waals surface area (Å²) in [4.78, 5) is 12.6. The molecule has 8 heteroatoms. The molecule has 0 bridgehead atoms. The Hall–Kier alpha value is -2.61. The third-order valence-corrected chi connectivity index (χ3v) is 5.41. The van der Waals surface area contributed by atoms with Gasteiger partial charge in [-0.2, -0.15) is 0 Å². The molecule has 0 unspecified atom stereocenters. The van der Waals surface area contributed by atoms with Gasteiger partial charge in [0.25, 0.3) is 0 Å². The van der Waals surface area contributed by atoms with Crippen LogP contribution in [0.4, 0.5) is 5.82 Å². The molecule has 1 aliphatic heterocycles. The monoisotopic (exact) mass is 381 g/mol. The van der Waals surface area contributed by atoms with Crippen molar-refractivity contribution in [3.63, 3.8) is 0 Å². The fourth-order valence-corrected chi connectivity index (χ4v) is 4.05. The Labute approximate surface area is 160 Å². The molecule has 27 heavy (non-hydrogen) atoms. The molecule has 4 aromatic rings. The number of piperidine rings is 1. The minimum absolute atomic E-state index is 0.132.